The van der Waals surface area contributed by atoms with E-state index in [1.807, 2.05) is 26.0 Å². The van der Waals surface area contributed by atoms with Gasteiger partial charge < -0.3 is 29.5 Å². The van der Waals surface area contributed by atoms with Crippen LogP contribution in [0.5, 0.6) is 11.5 Å². The third-order valence-corrected chi connectivity index (χ3v) is 3.77. The Kier molecular flexibility index (Phi) is 3.86. The second-order valence-electron chi connectivity index (χ2n) is 6.06. The molecule has 1 fully saturated rings. The van der Waals surface area contributed by atoms with Crippen molar-refractivity contribution < 1.29 is 29.5 Å². The van der Waals surface area contributed by atoms with E-state index in [-0.39, 0.29) is 12.2 Å². The van der Waals surface area contributed by atoms with Crippen molar-refractivity contribution in [1.29, 1.82) is 0 Å². The first-order valence-electron chi connectivity index (χ1n) is 7.21. The maximum absolute atomic E-state index is 9.88. The molecule has 0 saturated carbocycles. The third kappa shape index (κ3) is 2.83. The van der Waals surface area contributed by atoms with Gasteiger partial charge in [-0.05, 0) is 38.1 Å². The summed E-state index contributed by atoms with van der Waals surface area (Å²) in [6.07, 6.45) is -0.346. The maximum Gasteiger partial charge on any atom is 0.229 e. The lowest BCUT2D eigenvalue weighted by molar-refractivity contribution is -0.116. The van der Waals surface area contributed by atoms with Crippen molar-refractivity contribution >= 4 is 6.08 Å². The fourth-order valence-corrected chi connectivity index (χ4v) is 2.53. The minimum atomic E-state index is -1.21. The van der Waals surface area contributed by atoms with Gasteiger partial charge in [-0.2, -0.15) is 0 Å². The van der Waals surface area contributed by atoms with Gasteiger partial charge in [0, 0.05) is 5.56 Å². The van der Waals surface area contributed by atoms with Crippen molar-refractivity contribution in [1.82, 2.24) is 0 Å². The molecule has 0 unspecified atom stereocenters. The van der Waals surface area contributed by atoms with Crippen LogP contribution in [0.4, 0.5) is 0 Å². The molecule has 2 heterocycles. The van der Waals surface area contributed by atoms with Gasteiger partial charge in [0.15, 0.2) is 0 Å². The molecule has 6 heteroatoms. The van der Waals surface area contributed by atoms with E-state index in [0.717, 1.165) is 11.3 Å². The van der Waals surface area contributed by atoms with E-state index < -0.39 is 24.6 Å². The van der Waals surface area contributed by atoms with E-state index >= 15 is 0 Å². The van der Waals surface area contributed by atoms with Crippen molar-refractivity contribution in [2.45, 2.75) is 44.1 Å². The highest BCUT2D eigenvalue weighted by molar-refractivity contribution is 5.62. The van der Waals surface area contributed by atoms with Gasteiger partial charge in [-0.3, -0.25) is 0 Å². The fourth-order valence-electron chi connectivity index (χ4n) is 2.53. The average molecular weight is 308 g/mol. The van der Waals surface area contributed by atoms with Crippen molar-refractivity contribution in [2.24, 2.45) is 0 Å². The first-order chi connectivity index (χ1) is 10.4. The number of fused-ring (bicyclic) bond motifs is 1. The zero-order chi connectivity index (χ0) is 15.9. The molecule has 0 amide bonds. The third-order valence-electron chi connectivity index (χ3n) is 3.77. The molecule has 3 rings (SSSR count). The Balaban J connectivity index is 1.75. The highest BCUT2D eigenvalue weighted by atomic mass is 16.7. The quantitative estimate of drug-likeness (QED) is 0.761. The Bertz CT molecular complexity index is 582. The van der Waals surface area contributed by atoms with Crippen LogP contribution in [0.25, 0.3) is 6.08 Å². The van der Waals surface area contributed by atoms with Crippen LogP contribution in [0.15, 0.2) is 24.3 Å². The molecule has 0 bridgehead atoms. The van der Waals surface area contributed by atoms with E-state index in [4.69, 9.17) is 19.3 Å². The van der Waals surface area contributed by atoms with Gasteiger partial charge in [0.1, 0.15) is 35.4 Å². The Labute approximate surface area is 128 Å². The van der Waals surface area contributed by atoms with Gasteiger partial charge in [0.05, 0.1) is 6.61 Å². The van der Waals surface area contributed by atoms with Crippen molar-refractivity contribution in [3.05, 3.63) is 29.8 Å². The van der Waals surface area contributed by atoms with Crippen LogP contribution < -0.4 is 9.47 Å². The second kappa shape index (κ2) is 5.55. The summed E-state index contributed by atoms with van der Waals surface area (Å²) in [5.41, 5.74) is 0.516. The molecule has 2 aliphatic heterocycles. The highest BCUT2D eigenvalue weighted by Gasteiger charge is 2.43. The molecule has 0 radical (unpaired) electrons. The summed E-state index contributed by atoms with van der Waals surface area (Å²) in [4.78, 5) is 0. The average Bonchev–Trinajstić information content (AvgIpc) is 2.74. The lowest BCUT2D eigenvalue weighted by atomic mass is 10.0. The summed E-state index contributed by atoms with van der Waals surface area (Å²) >= 11 is 0. The van der Waals surface area contributed by atoms with Gasteiger partial charge >= 0.3 is 0 Å². The van der Waals surface area contributed by atoms with Gasteiger partial charge in [-0.15, -0.1) is 0 Å². The number of aliphatic hydroxyl groups is 3. The van der Waals surface area contributed by atoms with Crippen LogP contribution in [0, 0.1) is 0 Å². The second-order valence-corrected chi connectivity index (χ2v) is 6.06. The number of hydrogen-bond acceptors (Lipinski definition) is 6. The summed E-state index contributed by atoms with van der Waals surface area (Å²) in [7, 11) is 0. The number of aliphatic hydroxyl groups excluding tert-OH is 3. The molecule has 120 valence electrons. The summed E-state index contributed by atoms with van der Waals surface area (Å²) in [6.45, 7) is 3.56. The van der Waals surface area contributed by atoms with Gasteiger partial charge in [0.2, 0.25) is 6.29 Å². The molecule has 0 aliphatic carbocycles. The summed E-state index contributed by atoms with van der Waals surface area (Å²) in [5.74, 6) is 1.24. The molecule has 0 aromatic heterocycles. The highest BCUT2D eigenvalue weighted by Crippen LogP contribution is 2.34. The predicted octanol–water partition coefficient (Wildman–Crippen LogP) is 0.689. The van der Waals surface area contributed by atoms with E-state index in [2.05, 4.69) is 0 Å². The molecule has 1 aromatic carbocycles. The lowest BCUT2D eigenvalue weighted by Gasteiger charge is -2.28. The summed E-state index contributed by atoms with van der Waals surface area (Å²) in [6, 6.07) is 5.27. The first kappa shape index (κ1) is 15.3. The topological polar surface area (TPSA) is 88.4 Å². The molecule has 1 saturated heterocycles. The largest absolute Gasteiger partial charge is 0.483 e. The van der Waals surface area contributed by atoms with Crippen LogP contribution in [0.3, 0.4) is 0 Å². The minimum Gasteiger partial charge on any atom is -0.483 e. The fraction of sp³-hybridized carbons (Fsp3) is 0.500. The van der Waals surface area contributed by atoms with Gasteiger partial charge in [0.25, 0.3) is 0 Å². The normalized spacial score (nSPS) is 32.4. The predicted molar refractivity (Wildman–Crippen MR) is 78.6 cm³/mol. The smallest absolute Gasteiger partial charge is 0.229 e. The Hall–Kier alpha value is -1.60. The summed E-state index contributed by atoms with van der Waals surface area (Å²) < 4.78 is 16.7. The van der Waals surface area contributed by atoms with Crippen molar-refractivity contribution in [2.75, 3.05) is 6.61 Å². The molecule has 4 atom stereocenters. The van der Waals surface area contributed by atoms with Gasteiger partial charge in [-0.1, -0.05) is 6.08 Å². The van der Waals surface area contributed by atoms with E-state index in [0.29, 0.717) is 5.75 Å². The molecular weight excluding hydrogens is 288 g/mol. The van der Waals surface area contributed by atoms with Crippen LogP contribution >= 0.6 is 0 Å². The van der Waals surface area contributed by atoms with Crippen LogP contribution in [0.1, 0.15) is 19.4 Å². The molecule has 1 aromatic rings. The number of ether oxygens (including phenoxy) is 3. The minimum absolute atomic E-state index is 0.349. The molecule has 2 aliphatic rings. The van der Waals surface area contributed by atoms with E-state index in [1.165, 1.54) is 0 Å². The van der Waals surface area contributed by atoms with E-state index in [9.17, 15) is 10.2 Å². The SMILES string of the molecule is CC1(C)C=Cc2cc(O[C@H]3O[C@@H](CO)[C@H](O)[C@@H]3O)ccc2O1. The molecule has 0 spiro atoms. The molecule has 6 nitrogen and oxygen atoms in total. The Morgan fingerprint density at radius 3 is 2.68 bits per heavy atom. The van der Waals surface area contributed by atoms with Crippen LogP contribution in [0.2, 0.25) is 0 Å². The molecule has 3 N–H and O–H groups in total. The van der Waals surface area contributed by atoms with Crippen LogP contribution in [-0.2, 0) is 4.74 Å². The zero-order valence-electron chi connectivity index (χ0n) is 12.5. The standard InChI is InChI=1S/C16H20O6/c1-16(2)6-5-9-7-10(3-4-11(9)22-16)20-15-14(19)13(18)12(8-17)21-15/h3-7,12-15,17-19H,8H2,1-2H3/t12-,13-,14-,15-/m0/s1. The zero-order valence-corrected chi connectivity index (χ0v) is 12.5. The Morgan fingerprint density at radius 1 is 1.23 bits per heavy atom. The Morgan fingerprint density at radius 2 is 2.00 bits per heavy atom. The van der Waals surface area contributed by atoms with Crippen molar-refractivity contribution in [3.8, 4) is 11.5 Å². The number of benzene rings is 1. The lowest BCUT2D eigenvalue weighted by Crippen LogP contribution is -2.35. The molecular formula is C16H20O6. The monoisotopic (exact) mass is 308 g/mol. The van der Waals surface area contributed by atoms with Gasteiger partial charge in [-0.25, -0.2) is 0 Å². The van der Waals surface area contributed by atoms with Crippen molar-refractivity contribution in [3.63, 3.8) is 0 Å². The van der Waals surface area contributed by atoms with E-state index in [1.54, 1.807) is 18.2 Å². The number of rotatable bonds is 3. The summed E-state index contributed by atoms with van der Waals surface area (Å²) in [5, 5.41) is 28.7. The molecule has 22 heavy (non-hydrogen) atoms. The maximum atomic E-state index is 9.88. The number of hydrogen-bond donors (Lipinski definition) is 3. The first-order valence-corrected chi connectivity index (χ1v) is 7.21. The van der Waals surface area contributed by atoms with Crippen LogP contribution in [-0.4, -0.2) is 52.1 Å².